The number of carboxylic acid groups (broad SMARTS) is 1. The molecular weight excluding hydrogens is 550 g/mol. The zero-order valence-corrected chi connectivity index (χ0v) is 24.4. The summed E-state index contributed by atoms with van der Waals surface area (Å²) in [5.41, 5.74) is 4.76. The van der Waals surface area contributed by atoms with Crippen LogP contribution in [0.15, 0.2) is 54.1 Å². The molecule has 2 aromatic rings. The van der Waals surface area contributed by atoms with Crippen molar-refractivity contribution < 1.29 is 33.7 Å². The molecule has 7 atom stereocenters. The molecule has 43 heavy (non-hydrogen) atoms. The molecule has 0 aromatic heterocycles. The molecule has 4 fully saturated rings. The van der Waals surface area contributed by atoms with Gasteiger partial charge in [-0.2, -0.15) is 0 Å². The van der Waals surface area contributed by atoms with Crippen LogP contribution in [0.25, 0.3) is 0 Å². The molecule has 2 amide bonds. The Kier molecular flexibility index (Phi) is 6.93. The van der Waals surface area contributed by atoms with Gasteiger partial charge in [0.1, 0.15) is 6.04 Å². The van der Waals surface area contributed by atoms with Gasteiger partial charge in [-0.15, -0.1) is 0 Å². The monoisotopic (exact) mass is 587 g/mol. The largest absolute Gasteiger partial charge is 0.493 e. The highest BCUT2D eigenvalue weighted by Gasteiger charge is 2.69. The van der Waals surface area contributed by atoms with Gasteiger partial charge in [0, 0.05) is 42.3 Å². The number of nitrogens with one attached hydrogen (secondary N) is 1. The topological polar surface area (TPSA) is 118 Å². The van der Waals surface area contributed by atoms with E-state index in [9.17, 15) is 14.4 Å². The van der Waals surface area contributed by atoms with Crippen molar-refractivity contribution in [2.45, 2.75) is 55.3 Å². The number of nitrogens with zero attached hydrogens (tertiary/aromatic N) is 2. The van der Waals surface area contributed by atoms with Crippen molar-refractivity contribution in [3.8, 4) is 11.5 Å². The molecule has 10 nitrogen and oxygen atoms in total. The Morgan fingerprint density at radius 1 is 1.21 bits per heavy atom. The maximum Gasteiger partial charge on any atom is 0.326 e. The average molecular weight is 588 g/mol. The Morgan fingerprint density at radius 3 is 2.70 bits per heavy atom. The third-order valence-corrected chi connectivity index (χ3v) is 10.6. The second-order valence-electron chi connectivity index (χ2n) is 12.4. The third-order valence-electron chi connectivity index (χ3n) is 10.6. The van der Waals surface area contributed by atoms with E-state index in [1.54, 1.807) is 19.8 Å². The Balaban J connectivity index is 0.000000183. The number of benzene rings is 2. The molecule has 2 aromatic carbocycles. The minimum atomic E-state index is -1.03. The Hall–Kier alpha value is -3.89. The summed E-state index contributed by atoms with van der Waals surface area (Å²) in [5, 5.41) is 11.0. The molecule has 1 spiro atoms. The first-order valence-electron chi connectivity index (χ1n) is 15.0. The van der Waals surface area contributed by atoms with Crippen LogP contribution in [-0.2, 0) is 31.0 Å². The molecule has 10 heteroatoms. The standard InChI is InChI=1S/C23H26N2O4.C10H11NO3/c1-27-16-7-13-14(8-17(16)28-2)25-19(26)9-18-21-20-12(3-6-29-18)11-24-5-4-23(13,22(21)25)10-15(20)24;12-7-11-9(10(13)14)6-8-4-2-1-3-5-8/h3,7-8,15,18,20-22H,4-6,9-11H2,1-2H3;1-5,7,9H,6H2,(H,11,12)(H,13,14). The number of piperidine rings is 2. The summed E-state index contributed by atoms with van der Waals surface area (Å²) in [6.07, 6.45) is 5.74. The molecular formula is C33H37N3O7. The maximum absolute atomic E-state index is 13.4. The SMILES string of the molecule is COc1cc2c(cc1OC)C13CCN4CC5=CCOC6CC(=O)N2C1C6C5C4C3.O=CNC(Cc1ccccc1)C(=O)O. The van der Waals surface area contributed by atoms with Crippen LogP contribution in [0.3, 0.4) is 0 Å². The Morgan fingerprint density at radius 2 is 1.98 bits per heavy atom. The number of carbonyl (C=O) groups is 3. The van der Waals surface area contributed by atoms with Crippen LogP contribution in [0.2, 0.25) is 0 Å². The second kappa shape index (κ2) is 10.7. The number of anilines is 1. The van der Waals surface area contributed by atoms with Crippen LogP contribution in [0, 0.1) is 11.8 Å². The Bertz CT molecular complexity index is 1480. The summed E-state index contributed by atoms with van der Waals surface area (Å²) < 4.78 is 17.6. The summed E-state index contributed by atoms with van der Waals surface area (Å²) in [7, 11) is 3.36. The number of hydrogen-bond acceptors (Lipinski definition) is 7. The van der Waals surface area contributed by atoms with Gasteiger partial charge in [0.25, 0.3) is 0 Å². The number of rotatable bonds is 7. The number of ether oxygens (including phenoxy) is 3. The molecule has 6 aliphatic rings. The number of aliphatic carboxylic acids is 1. The van der Waals surface area contributed by atoms with Crippen molar-refractivity contribution in [3.63, 3.8) is 0 Å². The molecule has 1 saturated carbocycles. The fourth-order valence-corrected chi connectivity index (χ4v) is 8.96. The summed E-state index contributed by atoms with van der Waals surface area (Å²) >= 11 is 0. The lowest BCUT2D eigenvalue weighted by atomic mass is 9.53. The summed E-state index contributed by atoms with van der Waals surface area (Å²) in [6, 6.07) is 13.2. The first kappa shape index (κ1) is 27.9. The minimum Gasteiger partial charge on any atom is -0.493 e. The highest BCUT2D eigenvalue weighted by atomic mass is 16.5. The van der Waals surface area contributed by atoms with E-state index in [4.69, 9.17) is 19.3 Å². The average Bonchev–Trinajstić information content (AvgIpc) is 3.45. The number of carboxylic acids is 1. The summed E-state index contributed by atoms with van der Waals surface area (Å²) in [6.45, 7) is 2.83. The van der Waals surface area contributed by atoms with Gasteiger partial charge in [-0.05, 0) is 36.6 Å². The van der Waals surface area contributed by atoms with Crippen LogP contribution in [0.4, 0.5) is 5.69 Å². The van der Waals surface area contributed by atoms with Crippen molar-refractivity contribution in [1.29, 1.82) is 0 Å². The van der Waals surface area contributed by atoms with Gasteiger partial charge >= 0.3 is 5.97 Å². The molecule has 8 rings (SSSR count). The van der Waals surface area contributed by atoms with Crippen molar-refractivity contribution in [2.75, 3.05) is 38.8 Å². The lowest BCUT2D eigenvalue weighted by Gasteiger charge is -2.58. The molecule has 7 unspecified atom stereocenters. The van der Waals surface area contributed by atoms with Crippen molar-refractivity contribution in [3.05, 3.63) is 65.2 Å². The lowest BCUT2D eigenvalue weighted by Crippen LogP contribution is -2.68. The predicted octanol–water partition coefficient (Wildman–Crippen LogP) is 2.54. The van der Waals surface area contributed by atoms with Gasteiger partial charge in [0.05, 0.1) is 45.1 Å². The molecule has 5 heterocycles. The third kappa shape index (κ3) is 4.25. The van der Waals surface area contributed by atoms with E-state index < -0.39 is 12.0 Å². The number of fused-ring (bicyclic) bond motifs is 2. The fourth-order valence-electron chi connectivity index (χ4n) is 8.96. The van der Waals surface area contributed by atoms with E-state index in [1.807, 2.05) is 36.4 Å². The van der Waals surface area contributed by atoms with Gasteiger partial charge in [-0.3, -0.25) is 14.5 Å². The van der Waals surface area contributed by atoms with E-state index in [-0.39, 0.29) is 23.5 Å². The highest BCUT2D eigenvalue weighted by Crippen LogP contribution is 2.66. The molecule has 0 radical (unpaired) electrons. The first-order chi connectivity index (χ1) is 20.9. The molecule has 2 N–H and O–H groups in total. The van der Waals surface area contributed by atoms with Crippen LogP contribution in [0.5, 0.6) is 11.5 Å². The normalized spacial score (nSPS) is 31.5. The highest BCUT2D eigenvalue weighted by molar-refractivity contribution is 5.99. The zero-order valence-electron chi connectivity index (χ0n) is 24.4. The number of carbonyl (C=O) groups excluding carboxylic acids is 2. The quantitative estimate of drug-likeness (QED) is 0.375. The maximum atomic E-state index is 13.4. The van der Waals surface area contributed by atoms with E-state index in [1.165, 1.54) is 5.56 Å². The van der Waals surface area contributed by atoms with Gasteiger partial charge in [0.15, 0.2) is 11.5 Å². The molecule has 1 aliphatic carbocycles. The second-order valence-corrected chi connectivity index (χ2v) is 12.4. The van der Waals surface area contributed by atoms with Crippen molar-refractivity contribution in [2.24, 2.45) is 11.8 Å². The van der Waals surface area contributed by atoms with Gasteiger partial charge < -0.3 is 29.5 Å². The summed E-state index contributed by atoms with van der Waals surface area (Å²) in [4.78, 5) is 39.1. The van der Waals surface area contributed by atoms with E-state index >= 15 is 0 Å². The number of hydrogen-bond donors (Lipinski definition) is 2. The van der Waals surface area contributed by atoms with Gasteiger partial charge in [-0.1, -0.05) is 42.0 Å². The summed E-state index contributed by atoms with van der Waals surface area (Å²) in [5.74, 6) is 1.53. The van der Waals surface area contributed by atoms with Crippen LogP contribution >= 0.6 is 0 Å². The Labute approximate surface area is 250 Å². The first-order valence-corrected chi connectivity index (χ1v) is 15.0. The van der Waals surface area contributed by atoms with E-state index in [0.29, 0.717) is 49.5 Å². The van der Waals surface area contributed by atoms with Crippen molar-refractivity contribution in [1.82, 2.24) is 10.2 Å². The molecule has 5 aliphatic heterocycles. The van der Waals surface area contributed by atoms with Crippen LogP contribution < -0.4 is 19.7 Å². The lowest BCUT2D eigenvalue weighted by molar-refractivity contribution is -0.140. The molecule has 3 saturated heterocycles. The van der Waals surface area contributed by atoms with Crippen molar-refractivity contribution >= 4 is 24.0 Å². The molecule has 226 valence electrons. The van der Waals surface area contributed by atoms with Crippen LogP contribution in [-0.4, -0.2) is 86.4 Å². The smallest absolute Gasteiger partial charge is 0.326 e. The number of amides is 2. The van der Waals surface area contributed by atoms with E-state index in [0.717, 1.165) is 42.9 Å². The van der Waals surface area contributed by atoms with Gasteiger partial charge in [0.2, 0.25) is 12.3 Å². The zero-order chi connectivity index (χ0) is 29.9. The van der Waals surface area contributed by atoms with Gasteiger partial charge in [-0.25, -0.2) is 4.79 Å². The minimum absolute atomic E-state index is 0.00526. The van der Waals surface area contributed by atoms with Crippen LogP contribution in [0.1, 0.15) is 30.4 Å². The molecule has 2 bridgehead atoms. The van der Waals surface area contributed by atoms with E-state index in [2.05, 4.69) is 27.3 Å². The number of methoxy groups -OCH3 is 2. The fraction of sp³-hybridized carbons (Fsp3) is 0.485. The predicted molar refractivity (Wildman–Crippen MR) is 157 cm³/mol.